The van der Waals surface area contributed by atoms with E-state index in [-0.39, 0.29) is 24.0 Å². The maximum Gasteiger partial charge on any atom is 0.295 e. The number of likely N-dealkylation sites (tertiary alicyclic amines) is 1. The maximum absolute atomic E-state index is 13.4. The second-order valence-electron chi connectivity index (χ2n) is 9.43. The second kappa shape index (κ2) is 10.2. The van der Waals surface area contributed by atoms with E-state index in [9.17, 15) is 14.7 Å². The molecular formula is C30H27NO7. The van der Waals surface area contributed by atoms with E-state index in [1.165, 1.54) is 4.90 Å². The van der Waals surface area contributed by atoms with Crippen molar-refractivity contribution in [1.29, 1.82) is 0 Å². The number of ether oxygens (including phenoxy) is 4. The first-order valence-electron chi connectivity index (χ1n) is 12.7. The van der Waals surface area contributed by atoms with Gasteiger partial charge in [0.15, 0.2) is 11.5 Å². The van der Waals surface area contributed by atoms with Crippen molar-refractivity contribution in [2.75, 3.05) is 26.4 Å². The third-order valence-electron chi connectivity index (χ3n) is 6.93. The molecule has 6 rings (SSSR count). The van der Waals surface area contributed by atoms with Crippen LogP contribution in [0.4, 0.5) is 0 Å². The van der Waals surface area contributed by atoms with Gasteiger partial charge in [-0.05, 0) is 60.9 Å². The van der Waals surface area contributed by atoms with E-state index >= 15 is 0 Å². The van der Waals surface area contributed by atoms with Gasteiger partial charge in [-0.25, -0.2) is 0 Å². The van der Waals surface area contributed by atoms with Gasteiger partial charge in [-0.1, -0.05) is 30.3 Å². The Morgan fingerprint density at radius 2 is 1.68 bits per heavy atom. The van der Waals surface area contributed by atoms with E-state index in [4.69, 9.17) is 18.9 Å². The van der Waals surface area contributed by atoms with Crippen LogP contribution in [0.2, 0.25) is 0 Å². The van der Waals surface area contributed by atoms with Crippen LogP contribution >= 0.6 is 0 Å². The van der Waals surface area contributed by atoms with E-state index in [1.54, 1.807) is 24.3 Å². The minimum atomic E-state index is -0.813. The van der Waals surface area contributed by atoms with Crippen LogP contribution in [0.1, 0.15) is 30.0 Å². The van der Waals surface area contributed by atoms with Gasteiger partial charge in [0.25, 0.3) is 11.7 Å². The fraction of sp³-hybridized carbons (Fsp3) is 0.267. The van der Waals surface area contributed by atoms with E-state index in [0.717, 1.165) is 12.8 Å². The molecule has 2 atom stereocenters. The molecule has 1 amide bonds. The maximum atomic E-state index is 13.4. The number of fused-ring (bicyclic) bond motifs is 1. The van der Waals surface area contributed by atoms with Gasteiger partial charge in [0, 0.05) is 18.7 Å². The van der Waals surface area contributed by atoms with Gasteiger partial charge in [0.1, 0.15) is 30.5 Å². The fourth-order valence-corrected chi connectivity index (χ4v) is 5.14. The van der Waals surface area contributed by atoms with Crippen LogP contribution in [0, 0.1) is 0 Å². The number of benzene rings is 3. The van der Waals surface area contributed by atoms with E-state index < -0.39 is 17.7 Å². The van der Waals surface area contributed by atoms with Crippen molar-refractivity contribution in [1.82, 2.24) is 4.90 Å². The monoisotopic (exact) mass is 513 g/mol. The molecule has 2 unspecified atom stereocenters. The van der Waals surface area contributed by atoms with E-state index in [2.05, 4.69) is 0 Å². The van der Waals surface area contributed by atoms with Crippen LogP contribution in [0.15, 0.2) is 78.4 Å². The van der Waals surface area contributed by atoms with Gasteiger partial charge < -0.3 is 29.0 Å². The van der Waals surface area contributed by atoms with Crippen molar-refractivity contribution in [2.45, 2.75) is 25.0 Å². The zero-order valence-electron chi connectivity index (χ0n) is 20.7. The average Bonchev–Trinajstić information content (AvgIpc) is 3.55. The fourth-order valence-electron chi connectivity index (χ4n) is 5.14. The quantitative estimate of drug-likeness (QED) is 0.286. The Balaban J connectivity index is 1.42. The van der Waals surface area contributed by atoms with E-state index in [0.29, 0.717) is 53.9 Å². The molecule has 0 radical (unpaired) electrons. The van der Waals surface area contributed by atoms with Crippen LogP contribution in [0.5, 0.6) is 23.0 Å². The largest absolute Gasteiger partial charge is 0.507 e. The Bertz CT molecular complexity index is 1390. The normalized spacial score (nSPS) is 22.1. The summed E-state index contributed by atoms with van der Waals surface area (Å²) in [6.07, 6.45) is 1.53. The Morgan fingerprint density at radius 1 is 0.895 bits per heavy atom. The Hall–Kier alpha value is -4.30. The molecule has 3 aromatic carbocycles. The summed E-state index contributed by atoms with van der Waals surface area (Å²) in [4.78, 5) is 28.3. The lowest BCUT2D eigenvalue weighted by atomic mass is 9.95. The third-order valence-corrected chi connectivity index (χ3v) is 6.93. The number of para-hydroxylation sites is 1. The Kier molecular flexibility index (Phi) is 6.47. The number of amides is 1. The topological polar surface area (TPSA) is 94.5 Å². The number of hydrogen-bond acceptors (Lipinski definition) is 7. The number of nitrogens with zero attached hydrogens (tertiary/aromatic N) is 1. The van der Waals surface area contributed by atoms with Crippen LogP contribution in [-0.4, -0.2) is 54.2 Å². The van der Waals surface area contributed by atoms with Crippen LogP contribution in [0.3, 0.4) is 0 Å². The predicted molar refractivity (Wildman–Crippen MR) is 138 cm³/mol. The molecule has 0 aromatic heterocycles. The molecule has 38 heavy (non-hydrogen) atoms. The van der Waals surface area contributed by atoms with Crippen molar-refractivity contribution in [2.24, 2.45) is 0 Å². The van der Waals surface area contributed by atoms with E-state index in [1.807, 2.05) is 48.5 Å². The number of Topliss-reactive ketones (excluding diaryl/α,β-unsaturated/α-hetero) is 1. The molecular weight excluding hydrogens is 486 g/mol. The molecule has 194 valence electrons. The molecule has 2 saturated heterocycles. The van der Waals surface area contributed by atoms with Gasteiger partial charge in [0.05, 0.1) is 17.7 Å². The predicted octanol–water partition coefficient (Wildman–Crippen LogP) is 4.85. The molecule has 3 aromatic rings. The number of hydrogen-bond donors (Lipinski definition) is 1. The molecule has 0 spiro atoms. The number of ketones is 1. The Morgan fingerprint density at radius 3 is 2.47 bits per heavy atom. The second-order valence-corrected chi connectivity index (χ2v) is 9.43. The zero-order valence-corrected chi connectivity index (χ0v) is 20.7. The van der Waals surface area contributed by atoms with Gasteiger partial charge in [-0.3, -0.25) is 9.59 Å². The van der Waals surface area contributed by atoms with Crippen LogP contribution in [-0.2, 0) is 14.3 Å². The first kappa shape index (κ1) is 24.1. The van der Waals surface area contributed by atoms with Gasteiger partial charge in [0.2, 0.25) is 0 Å². The number of aliphatic hydroxyl groups is 1. The summed E-state index contributed by atoms with van der Waals surface area (Å²) in [7, 11) is 0. The summed E-state index contributed by atoms with van der Waals surface area (Å²) in [6.45, 7) is 1.69. The highest BCUT2D eigenvalue weighted by atomic mass is 16.6. The van der Waals surface area contributed by atoms with Crippen molar-refractivity contribution in [3.05, 3.63) is 89.5 Å². The third kappa shape index (κ3) is 4.59. The molecule has 8 nitrogen and oxygen atoms in total. The molecule has 1 N–H and O–H groups in total. The minimum absolute atomic E-state index is 0.0153. The molecule has 3 aliphatic rings. The Labute approximate surface area is 220 Å². The van der Waals surface area contributed by atoms with Gasteiger partial charge in [-0.2, -0.15) is 0 Å². The molecule has 0 aliphatic carbocycles. The molecule has 2 fully saturated rings. The first-order chi connectivity index (χ1) is 18.6. The van der Waals surface area contributed by atoms with Crippen molar-refractivity contribution in [3.63, 3.8) is 0 Å². The van der Waals surface area contributed by atoms with Gasteiger partial charge in [-0.15, -0.1) is 0 Å². The first-order valence-corrected chi connectivity index (χ1v) is 12.7. The highest BCUT2D eigenvalue weighted by Gasteiger charge is 2.47. The van der Waals surface area contributed by atoms with Crippen LogP contribution < -0.4 is 14.2 Å². The van der Waals surface area contributed by atoms with Crippen molar-refractivity contribution >= 4 is 17.4 Å². The minimum Gasteiger partial charge on any atom is -0.507 e. The summed E-state index contributed by atoms with van der Waals surface area (Å²) in [5.41, 5.74) is 1.03. The highest BCUT2D eigenvalue weighted by molar-refractivity contribution is 6.46. The zero-order chi connectivity index (χ0) is 26.1. The summed E-state index contributed by atoms with van der Waals surface area (Å²) < 4.78 is 23.1. The lowest BCUT2D eigenvalue weighted by Crippen LogP contribution is -2.36. The summed E-state index contributed by atoms with van der Waals surface area (Å²) >= 11 is 0. The average molecular weight is 514 g/mol. The molecule has 3 aliphatic heterocycles. The summed E-state index contributed by atoms with van der Waals surface area (Å²) in [6, 6.07) is 20.7. The number of carbonyl (C=O) groups excluding carboxylic acids is 2. The lowest BCUT2D eigenvalue weighted by Gasteiger charge is -2.28. The smallest absolute Gasteiger partial charge is 0.295 e. The standard InChI is InChI=1S/C30H27NO7/c32-28(20-11-12-24-25(17-20)37-15-14-36-24)26-27(31(30(34)29(26)33)18-23-10-5-13-35-23)19-6-4-9-22(16-19)38-21-7-2-1-3-8-21/h1-4,6-9,11-12,16-17,23,27,32H,5,10,13-15,18H2/b28-26+. The summed E-state index contributed by atoms with van der Waals surface area (Å²) in [5, 5.41) is 11.4. The molecule has 8 heteroatoms. The summed E-state index contributed by atoms with van der Waals surface area (Å²) in [5.74, 6) is 0.575. The molecule has 3 heterocycles. The number of aliphatic hydroxyl groups excluding tert-OH is 1. The lowest BCUT2D eigenvalue weighted by molar-refractivity contribution is -0.140. The number of carbonyl (C=O) groups is 2. The SMILES string of the molecule is O=C1C(=O)N(CC2CCCO2)C(c2cccc(Oc3ccccc3)c2)/C1=C(\O)c1ccc2c(c1)OCCO2. The molecule has 0 bridgehead atoms. The highest BCUT2D eigenvalue weighted by Crippen LogP contribution is 2.42. The molecule has 0 saturated carbocycles. The van der Waals surface area contributed by atoms with Crippen molar-refractivity contribution in [3.8, 4) is 23.0 Å². The number of rotatable bonds is 6. The van der Waals surface area contributed by atoms with Crippen LogP contribution in [0.25, 0.3) is 5.76 Å². The van der Waals surface area contributed by atoms with Crippen molar-refractivity contribution < 1.29 is 33.6 Å². The van der Waals surface area contributed by atoms with Gasteiger partial charge >= 0.3 is 0 Å².